The average Bonchev–Trinajstić information content (AvgIpc) is 3.01. The second kappa shape index (κ2) is 7.53. The Kier molecular flexibility index (Phi) is 5.39. The van der Waals surface area contributed by atoms with Gasteiger partial charge in [0.1, 0.15) is 23.6 Å². The van der Waals surface area contributed by atoms with Crippen LogP contribution in [0.5, 0.6) is 0 Å². The van der Waals surface area contributed by atoms with E-state index in [1.807, 2.05) is 6.26 Å². The highest BCUT2D eigenvalue weighted by Gasteiger charge is 2.28. The van der Waals surface area contributed by atoms with E-state index in [1.165, 1.54) is 12.1 Å². The van der Waals surface area contributed by atoms with Crippen molar-refractivity contribution < 1.29 is 18.7 Å². The Balaban J connectivity index is 1.76. The molecule has 5 nitrogen and oxygen atoms in total. The van der Waals surface area contributed by atoms with Crippen LogP contribution in [-0.4, -0.2) is 50.5 Å². The molecule has 0 spiro atoms. The molecule has 1 amide bonds. The van der Waals surface area contributed by atoms with E-state index in [9.17, 15) is 18.7 Å². The third-order valence-electron chi connectivity index (χ3n) is 4.21. The van der Waals surface area contributed by atoms with Gasteiger partial charge in [0.05, 0.1) is 23.5 Å². The average molecular weight is 367 g/mol. The standard InChI is InChI=1S/C17H19F2N3O2S/c1-25-7-5-15(23)17(24)22-6-4-13-14(9-22)21-16(20-13)11-3-2-10(18)8-12(11)19/h2-3,8,15,23H,4-7,9H2,1H3,(H,20,21)/t15-/m1/s1. The number of aromatic nitrogens is 2. The number of nitrogens with zero attached hydrogens (tertiary/aromatic N) is 2. The van der Waals surface area contributed by atoms with Gasteiger partial charge < -0.3 is 15.0 Å². The van der Waals surface area contributed by atoms with E-state index in [0.29, 0.717) is 37.5 Å². The van der Waals surface area contributed by atoms with E-state index < -0.39 is 17.7 Å². The van der Waals surface area contributed by atoms with Crippen LogP contribution in [-0.2, 0) is 17.8 Å². The molecule has 3 rings (SSSR count). The largest absolute Gasteiger partial charge is 0.383 e. The van der Waals surface area contributed by atoms with Crippen molar-refractivity contribution in [3.05, 3.63) is 41.2 Å². The summed E-state index contributed by atoms with van der Waals surface area (Å²) < 4.78 is 27.0. The van der Waals surface area contributed by atoms with Crippen LogP contribution in [0.2, 0.25) is 0 Å². The Labute approximate surface area is 148 Å². The molecule has 25 heavy (non-hydrogen) atoms. The van der Waals surface area contributed by atoms with Crippen molar-refractivity contribution in [3.8, 4) is 11.4 Å². The van der Waals surface area contributed by atoms with Gasteiger partial charge in [-0.25, -0.2) is 13.8 Å². The number of H-pyrrole nitrogens is 1. The predicted molar refractivity (Wildman–Crippen MR) is 92.1 cm³/mol. The van der Waals surface area contributed by atoms with Gasteiger partial charge >= 0.3 is 0 Å². The van der Waals surface area contributed by atoms with Crippen LogP contribution in [0.25, 0.3) is 11.4 Å². The molecule has 0 bridgehead atoms. The van der Waals surface area contributed by atoms with E-state index >= 15 is 0 Å². The molecule has 0 fully saturated rings. The second-order valence-electron chi connectivity index (χ2n) is 5.94. The predicted octanol–water partition coefficient (Wildman–Crippen LogP) is 2.35. The van der Waals surface area contributed by atoms with E-state index in [2.05, 4.69) is 9.97 Å². The first-order chi connectivity index (χ1) is 12.0. The molecular formula is C17H19F2N3O2S. The lowest BCUT2D eigenvalue weighted by molar-refractivity contribution is -0.141. The zero-order chi connectivity index (χ0) is 18.0. The number of aliphatic hydroxyl groups is 1. The number of aliphatic hydroxyl groups excluding tert-OH is 1. The van der Waals surface area contributed by atoms with Crippen LogP contribution < -0.4 is 0 Å². The molecule has 1 aromatic carbocycles. The summed E-state index contributed by atoms with van der Waals surface area (Å²) in [4.78, 5) is 21.3. The Morgan fingerprint density at radius 2 is 2.28 bits per heavy atom. The highest BCUT2D eigenvalue weighted by Crippen LogP contribution is 2.25. The summed E-state index contributed by atoms with van der Waals surface area (Å²) >= 11 is 1.58. The third kappa shape index (κ3) is 3.85. The van der Waals surface area contributed by atoms with Gasteiger partial charge in [-0.3, -0.25) is 4.79 Å². The molecule has 8 heteroatoms. The molecule has 0 saturated heterocycles. The molecule has 1 atom stereocenters. The minimum Gasteiger partial charge on any atom is -0.383 e. The maximum atomic E-state index is 13.9. The topological polar surface area (TPSA) is 69.2 Å². The van der Waals surface area contributed by atoms with Crippen molar-refractivity contribution in [3.63, 3.8) is 0 Å². The summed E-state index contributed by atoms with van der Waals surface area (Å²) in [5.41, 5.74) is 1.67. The van der Waals surface area contributed by atoms with Crippen LogP contribution in [0, 0.1) is 11.6 Å². The number of thioether (sulfide) groups is 1. The number of carbonyl (C=O) groups excluding carboxylic acids is 1. The Morgan fingerprint density at radius 3 is 3.00 bits per heavy atom. The fourth-order valence-electron chi connectivity index (χ4n) is 2.85. The summed E-state index contributed by atoms with van der Waals surface area (Å²) in [5.74, 6) is -0.604. The molecule has 1 aromatic heterocycles. The number of imidazole rings is 1. The van der Waals surface area contributed by atoms with Crippen molar-refractivity contribution in [1.29, 1.82) is 0 Å². The summed E-state index contributed by atoms with van der Waals surface area (Å²) in [6, 6.07) is 3.33. The zero-order valence-electron chi connectivity index (χ0n) is 13.8. The van der Waals surface area contributed by atoms with Crippen molar-refractivity contribution in [2.24, 2.45) is 0 Å². The molecule has 1 aliphatic rings. The third-order valence-corrected chi connectivity index (χ3v) is 4.85. The van der Waals surface area contributed by atoms with Gasteiger partial charge in [-0.05, 0) is 30.6 Å². The van der Waals surface area contributed by atoms with Gasteiger partial charge in [0.2, 0.25) is 0 Å². The first kappa shape index (κ1) is 17.9. The van der Waals surface area contributed by atoms with Crippen LogP contribution >= 0.6 is 11.8 Å². The molecule has 2 aromatic rings. The molecule has 2 N–H and O–H groups in total. The van der Waals surface area contributed by atoms with Gasteiger partial charge in [0.25, 0.3) is 5.91 Å². The Bertz CT molecular complexity index is 781. The maximum Gasteiger partial charge on any atom is 0.251 e. The van der Waals surface area contributed by atoms with Crippen LogP contribution in [0.15, 0.2) is 18.2 Å². The molecule has 134 valence electrons. The van der Waals surface area contributed by atoms with Gasteiger partial charge in [-0.15, -0.1) is 0 Å². The first-order valence-electron chi connectivity index (χ1n) is 7.98. The number of nitrogens with one attached hydrogen (secondary N) is 1. The quantitative estimate of drug-likeness (QED) is 0.851. The fourth-order valence-corrected chi connectivity index (χ4v) is 3.31. The Hall–Kier alpha value is -1.93. The SMILES string of the molecule is CSCC[C@@H](O)C(=O)N1CCc2nc(-c3ccc(F)cc3F)[nH]c2C1. The summed E-state index contributed by atoms with van der Waals surface area (Å²) in [7, 11) is 0. The molecule has 0 aliphatic carbocycles. The maximum absolute atomic E-state index is 13.9. The molecule has 0 unspecified atom stereocenters. The summed E-state index contributed by atoms with van der Waals surface area (Å²) in [6.07, 6.45) is 1.85. The zero-order valence-corrected chi connectivity index (χ0v) is 14.6. The number of hydrogen-bond acceptors (Lipinski definition) is 4. The number of hydrogen-bond donors (Lipinski definition) is 2. The smallest absolute Gasteiger partial charge is 0.251 e. The van der Waals surface area contributed by atoms with E-state index in [4.69, 9.17) is 0 Å². The van der Waals surface area contributed by atoms with Crippen LogP contribution in [0.3, 0.4) is 0 Å². The van der Waals surface area contributed by atoms with E-state index in [0.717, 1.165) is 17.5 Å². The molecular weight excluding hydrogens is 348 g/mol. The van der Waals surface area contributed by atoms with E-state index in [-0.39, 0.29) is 11.5 Å². The summed E-state index contributed by atoms with van der Waals surface area (Å²) in [5, 5.41) is 9.98. The number of benzene rings is 1. The van der Waals surface area contributed by atoms with Gasteiger partial charge in [0.15, 0.2) is 0 Å². The lowest BCUT2D eigenvalue weighted by Crippen LogP contribution is -2.42. The lowest BCUT2D eigenvalue weighted by atomic mass is 10.1. The number of rotatable bonds is 5. The first-order valence-corrected chi connectivity index (χ1v) is 9.38. The van der Waals surface area contributed by atoms with Crippen molar-refractivity contribution in [2.45, 2.75) is 25.5 Å². The monoisotopic (exact) mass is 367 g/mol. The number of fused-ring (bicyclic) bond motifs is 1. The molecule has 2 heterocycles. The normalized spacial score (nSPS) is 15.1. The Morgan fingerprint density at radius 1 is 1.48 bits per heavy atom. The van der Waals surface area contributed by atoms with Crippen molar-refractivity contribution in [2.75, 3.05) is 18.6 Å². The lowest BCUT2D eigenvalue weighted by Gasteiger charge is -2.28. The molecule has 1 aliphatic heterocycles. The minimum atomic E-state index is -1.01. The molecule has 0 saturated carbocycles. The number of carbonyl (C=O) groups is 1. The number of amides is 1. The van der Waals surface area contributed by atoms with Crippen molar-refractivity contribution in [1.82, 2.24) is 14.9 Å². The van der Waals surface area contributed by atoms with Crippen LogP contribution in [0.1, 0.15) is 17.8 Å². The second-order valence-corrected chi connectivity index (χ2v) is 6.93. The van der Waals surface area contributed by atoms with Gasteiger partial charge in [-0.1, -0.05) is 0 Å². The van der Waals surface area contributed by atoms with E-state index in [1.54, 1.807) is 16.7 Å². The van der Waals surface area contributed by atoms with Gasteiger partial charge in [-0.2, -0.15) is 11.8 Å². The number of halogens is 2. The van der Waals surface area contributed by atoms with Crippen LogP contribution in [0.4, 0.5) is 8.78 Å². The minimum absolute atomic E-state index is 0.189. The highest BCUT2D eigenvalue weighted by molar-refractivity contribution is 7.98. The van der Waals surface area contributed by atoms with Crippen molar-refractivity contribution >= 4 is 17.7 Å². The molecule has 0 radical (unpaired) electrons. The highest BCUT2D eigenvalue weighted by atomic mass is 32.2. The fraction of sp³-hybridized carbons (Fsp3) is 0.412. The number of aromatic amines is 1. The van der Waals surface area contributed by atoms with Gasteiger partial charge in [0, 0.05) is 19.0 Å². The summed E-state index contributed by atoms with van der Waals surface area (Å²) in [6.45, 7) is 0.749.